The number of aromatic nitrogens is 2. The number of carbonyl (C=O) groups is 1. The number of amides is 1. The molecule has 0 bridgehead atoms. The average molecular weight is 753 g/mol. The Balaban J connectivity index is 1.32. The van der Waals surface area contributed by atoms with Crippen LogP contribution in [0.3, 0.4) is 0 Å². The number of benzene rings is 3. The van der Waals surface area contributed by atoms with E-state index in [1.807, 2.05) is 52.0 Å². The van der Waals surface area contributed by atoms with Crippen molar-refractivity contribution in [2.24, 2.45) is 0 Å². The number of carbonyl (C=O) groups excluding carboxylic acids is 1. The second-order valence-electron chi connectivity index (χ2n) is 13.5. The fraction of sp³-hybridized carbons (Fsp3) is 0.378. The maximum absolute atomic E-state index is 16.4. The Labute approximate surface area is 305 Å². The summed E-state index contributed by atoms with van der Waals surface area (Å²) in [7, 11) is -1.63. The van der Waals surface area contributed by atoms with Crippen LogP contribution in [0.4, 0.5) is 14.3 Å². The molecule has 1 amide bonds. The molecule has 52 heavy (non-hydrogen) atoms. The minimum Gasteiger partial charge on any atom is -0.497 e. The molecule has 0 radical (unpaired) electrons. The molecule has 1 saturated heterocycles. The molecule has 1 fully saturated rings. The number of piperidine rings is 1. The number of oxazole rings is 1. The molecular weight excluding hydrogens is 712 g/mol. The molecule has 0 saturated carbocycles. The monoisotopic (exact) mass is 752 g/mol. The Kier molecular flexibility index (Phi) is 10.4. The molecule has 3 heterocycles. The molecule has 1 aliphatic heterocycles. The number of sulfonamides is 1. The highest BCUT2D eigenvalue weighted by atomic mass is 32.2. The van der Waals surface area contributed by atoms with E-state index in [2.05, 4.69) is 4.98 Å². The second-order valence-corrected chi connectivity index (χ2v) is 16.2. The summed E-state index contributed by atoms with van der Waals surface area (Å²) in [5.41, 5.74) is 1.39. The Bertz CT molecular complexity index is 2240. The number of nitrogens with zero attached hydrogens (tertiary/aromatic N) is 4. The molecule has 0 spiro atoms. The van der Waals surface area contributed by atoms with Gasteiger partial charge in [-0.3, -0.25) is 4.57 Å². The van der Waals surface area contributed by atoms with E-state index >= 15 is 4.39 Å². The first-order valence-electron chi connectivity index (χ1n) is 16.8. The molecule has 1 atom stereocenters. The van der Waals surface area contributed by atoms with Crippen molar-refractivity contribution in [1.82, 2.24) is 14.5 Å². The third-order valence-electron chi connectivity index (χ3n) is 9.12. The Morgan fingerprint density at radius 3 is 2.48 bits per heavy atom. The van der Waals surface area contributed by atoms with Gasteiger partial charge in [-0.25, -0.2) is 31.7 Å². The summed E-state index contributed by atoms with van der Waals surface area (Å²) in [4.78, 5) is 31.4. The van der Waals surface area contributed by atoms with Crippen LogP contribution in [0.5, 0.6) is 11.5 Å². The zero-order chi connectivity index (χ0) is 37.4. The number of thiazole rings is 1. The fourth-order valence-electron chi connectivity index (χ4n) is 6.57. The van der Waals surface area contributed by atoms with E-state index in [4.69, 9.17) is 18.6 Å². The topological polar surface area (TPSA) is 133 Å². The van der Waals surface area contributed by atoms with Crippen LogP contribution in [0, 0.1) is 5.82 Å². The van der Waals surface area contributed by atoms with E-state index < -0.39 is 43.7 Å². The molecule has 276 valence electrons. The second kappa shape index (κ2) is 14.6. The Morgan fingerprint density at radius 2 is 1.83 bits per heavy atom. The predicted molar refractivity (Wildman–Crippen MR) is 195 cm³/mol. The summed E-state index contributed by atoms with van der Waals surface area (Å²) in [5.74, 6) is -1.03. The summed E-state index contributed by atoms with van der Waals surface area (Å²) < 4.78 is 69.1. The number of likely N-dealkylation sites (tertiary alicyclic amines) is 1. The van der Waals surface area contributed by atoms with Crippen LogP contribution in [0.15, 0.2) is 80.3 Å². The third kappa shape index (κ3) is 7.24. The van der Waals surface area contributed by atoms with Crippen molar-refractivity contribution in [3.8, 4) is 11.5 Å². The largest absolute Gasteiger partial charge is 0.497 e. The molecule has 15 heteroatoms. The molecule has 5 aromatic rings. The molecule has 0 N–H and O–H groups in total. The van der Waals surface area contributed by atoms with Crippen LogP contribution in [0.2, 0.25) is 0 Å². The summed E-state index contributed by atoms with van der Waals surface area (Å²) in [6.07, 6.45) is 2.49. The summed E-state index contributed by atoms with van der Waals surface area (Å²) in [5, 5.41) is 1.73. The molecule has 12 nitrogen and oxygen atoms in total. The first-order chi connectivity index (χ1) is 24.7. The first-order valence-corrected chi connectivity index (χ1v) is 19.1. The molecular formula is C37H41FN4O8S2. The molecule has 3 aromatic carbocycles. The summed E-state index contributed by atoms with van der Waals surface area (Å²) in [6.45, 7) is 8.13. The van der Waals surface area contributed by atoms with Crippen LogP contribution >= 0.6 is 11.3 Å². The van der Waals surface area contributed by atoms with Crippen LogP contribution in [0.25, 0.3) is 11.1 Å². The zero-order valence-electron chi connectivity index (χ0n) is 29.8. The standard InChI is InChI=1S/C37H41FN4O8S2/c1-23(27-9-7-8-10-28(27)24-15-18-40(19-16-24)35(43)50-37(2,3)4)42-29-13-14-31(32(38)33(29)49-36(42)44)52(45,46)41(34-39-17-20-51-34)22-25-11-12-26(47-5)21-30(25)48-6/h7-14,17,20-21,23-24H,15-16,18-19,22H2,1-6H3. The minimum absolute atomic E-state index is 0.0980. The molecule has 1 unspecified atom stereocenters. The summed E-state index contributed by atoms with van der Waals surface area (Å²) in [6, 6.07) is 14.6. The van der Waals surface area contributed by atoms with E-state index in [1.54, 1.807) is 28.5 Å². The lowest BCUT2D eigenvalue weighted by Gasteiger charge is -2.34. The minimum atomic E-state index is -4.59. The quantitative estimate of drug-likeness (QED) is 0.144. The fourth-order valence-corrected chi connectivity index (χ4v) is 8.90. The van der Waals surface area contributed by atoms with Gasteiger partial charge in [-0.15, -0.1) is 11.3 Å². The SMILES string of the molecule is COc1ccc(CN(c2nccs2)S(=O)(=O)c2ccc3c(oc(=O)n3C(C)c3ccccc3C3CCN(C(=O)OC(C)(C)C)CC3)c2F)c(OC)c1. The van der Waals surface area contributed by atoms with Crippen molar-refractivity contribution in [3.05, 3.63) is 99.2 Å². The highest BCUT2D eigenvalue weighted by molar-refractivity contribution is 7.93. The van der Waals surface area contributed by atoms with Gasteiger partial charge in [0.25, 0.3) is 10.0 Å². The highest BCUT2D eigenvalue weighted by Crippen LogP contribution is 2.37. The van der Waals surface area contributed by atoms with Gasteiger partial charge in [0, 0.05) is 36.3 Å². The van der Waals surface area contributed by atoms with Gasteiger partial charge >= 0.3 is 11.8 Å². The number of ether oxygens (including phenoxy) is 3. The van der Waals surface area contributed by atoms with Crippen LogP contribution in [-0.2, 0) is 21.3 Å². The molecule has 2 aromatic heterocycles. The average Bonchev–Trinajstić information content (AvgIpc) is 3.77. The number of hydrogen-bond donors (Lipinski definition) is 0. The van der Waals surface area contributed by atoms with Gasteiger partial charge in [0.2, 0.25) is 0 Å². The van der Waals surface area contributed by atoms with E-state index in [-0.39, 0.29) is 29.2 Å². The van der Waals surface area contributed by atoms with Gasteiger partial charge in [0.15, 0.2) is 16.5 Å². The highest BCUT2D eigenvalue weighted by Gasteiger charge is 2.34. The van der Waals surface area contributed by atoms with Gasteiger partial charge in [-0.05, 0) is 81.8 Å². The number of fused-ring (bicyclic) bond motifs is 1. The molecule has 1 aliphatic rings. The van der Waals surface area contributed by atoms with Gasteiger partial charge in [0.1, 0.15) is 22.0 Å². The van der Waals surface area contributed by atoms with Crippen molar-refractivity contribution in [1.29, 1.82) is 0 Å². The van der Waals surface area contributed by atoms with Crippen molar-refractivity contribution >= 4 is 43.7 Å². The van der Waals surface area contributed by atoms with Crippen molar-refractivity contribution < 1.29 is 36.2 Å². The van der Waals surface area contributed by atoms with Crippen molar-refractivity contribution in [3.63, 3.8) is 0 Å². The van der Waals surface area contributed by atoms with Crippen molar-refractivity contribution in [2.75, 3.05) is 31.6 Å². The van der Waals surface area contributed by atoms with Crippen LogP contribution in [-0.4, -0.2) is 61.9 Å². The lowest BCUT2D eigenvalue weighted by molar-refractivity contribution is 0.0204. The lowest BCUT2D eigenvalue weighted by Crippen LogP contribution is -2.41. The van der Waals surface area contributed by atoms with Gasteiger partial charge in [-0.1, -0.05) is 24.3 Å². The third-order valence-corrected chi connectivity index (χ3v) is 11.8. The number of methoxy groups -OCH3 is 2. The van der Waals surface area contributed by atoms with Crippen LogP contribution in [0.1, 0.15) is 69.2 Å². The molecule has 0 aliphatic carbocycles. The van der Waals surface area contributed by atoms with Gasteiger partial charge < -0.3 is 23.5 Å². The molecule has 6 rings (SSSR count). The predicted octanol–water partition coefficient (Wildman–Crippen LogP) is 7.33. The first kappa shape index (κ1) is 36.9. The Morgan fingerprint density at radius 1 is 1.10 bits per heavy atom. The maximum atomic E-state index is 16.4. The normalized spacial score (nSPS) is 14.7. The maximum Gasteiger partial charge on any atom is 0.420 e. The number of anilines is 1. The lowest BCUT2D eigenvalue weighted by atomic mass is 9.84. The van der Waals surface area contributed by atoms with E-state index in [9.17, 15) is 18.0 Å². The number of rotatable bonds is 10. The number of halogens is 1. The van der Waals surface area contributed by atoms with Crippen molar-refractivity contribution in [2.45, 2.75) is 69.5 Å². The zero-order valence-corrected chi connectivity index (χ0v) is 31.4. The van der Waals surface area contributed by atoms with E-state index in [1.165, 1.54) is 31.0 Å². The van der Waals surface area contributed by atoms with Gasteiger partial charge in [-0.2, -0.15) is 0 Å². The van der Waals surface area contributed by atoms with Crippen LogP contribution < -0.4 is 19.5 Å². The Hall–Kier alpha value is -4.89. The number of hydrogen-bond acceptors (Lipinski definition) is 10. The van der Waals surface area contributed by atoms with E-state index in [0.717, 1.165) is 32.8 Å². The van der Waals surface area contributed by atoms with E-state index in [0.29, 0.717) is 43.0 Å². The van der Waals surface area contributed by atoms with Gasteiger partial charge in [0.05, 0.1) is 32.3 Å². The summed E-state index contributed by atoms with van der Waals surface area (Å²) >= 11 is 1.07. The smallest absolute Gasteiger partial charge is 0.420 e.